The molecule has 0 rings (SSSR count). The molecule has 0 bridgehead atoms. The monoisotopic (exact) mass is 125 g/mol. The van der Waals surface area contributed by atoms with Crippen molar-refractivity contribution in [3.05, 3.63) is 0 Å². The van der Waals surface area contributed by atoms with E-state index in [1.54, 1.807) is 0 Å². The van der Waals surface area contributed by atoms with Gasteiger partial charge in [0.2, 0.25) is 0 Å². The van der Waals surface area contributed by atoms with Crippen LogP contribution in [0.25, 0.3) is 0 Å². The summed E-state index contributed by atoms with van der Waals surface area (Å²) in [7, 11) is 0. The fraction of sp³-hybridized carbons (Fsp3) is 0. The van der Waals surface area contributed by atoms with Gasteiger partial charge in [-0.25, -0.2) is 0 Å². The summed E-state index contributed by atoms with van der Waals surface area (Å²) in [5.74, 6) is 0. The van der Waals surface area contributed by atoms with Crippen LogP contribution >= 0.6 is 0 Å². The van der Waals surface area contributed by atoms with E-state index in [1.165, 1.54) is 0 Å². The van der Waals surface area contributed by atoms with Crippen LogP contribution in [0.3, 0.4) is 0 Å². The molecule has 0 aliphatic carbocycles. The minimum Gasteiger partial charge on any atom is -1.00 e. The van der Waals surface area contributed by atoms with Gasteiger partial charge in [-0.2, -0.15) is 0 Å². The average molecular weight is 126 g/mol. The molecule has 0 amide bonds. The third-order valence-electron chi connectivity index (χ3n) is 0. The second-order valence-corrected chi connectivity index (χ2v) is 0.178. The maximum absolute atomic E-state index is 9.53. The molecule has 0 aliphatic heterocycles. The largest absolute Gasteiger partial charge is 1.00 e. The van der Waals surface area contributed by atoms with Crippen LogP contribution in [0.1, 0.15) is 1.43 Å². The first-order valence-corrected chi connectivity index (χ1v) is 0.940. The van der Waals surface area contributed by atoms with Gasteiger partial charge in [0.25, 0.3) is 0 Å². The number of hydrogen-bond acceptors (Lipinski definition) is 0. The Labute approximate surface area is 53.8 Å². The van der Waals surface area contributed by atoms with E-state index in [0.29, 0.717) is 0 Å². The van der Waals surface area contributed by atoms with E-state index >= 15 is 0 Å². The van der Waals surface area contributed by atoms with Gasteiger partial charge in [0, 0.05) is 0 Å². The standard InChI is InChI=1S/Cu.2FH.Na.H/h;2*1H;;/q+2;;;+1;-1/p-2. The van der Waals surface area contributed by atoms with Crippen molar-refractivity contribution in [1.29, 1.82) is 0 Å². The summed E-state index contributed by atoms with van der Waals surface area (Å²) in [4.78, 5) is 0. The zero-order chi connectivity index (χ0) is 2.71. The first-order valence-electron chi connectivity index (χ1n) is 0.228. The summed E-state index contributed by atoms with van der Waals surface area (Å²) >= 11 is -1.19. The maximum atomic E-state index is 9.53. The third kappa shape index (κ3) is 10.1. The van der Waals surface area contributed by atoms with Gasteiger partial charge in [-0.3, -0.25) is 0 Å². The van der Waals surface area contributed by atoms with Gasteiger partial charge in [0.15, 0.2) is 0 Å². The van der Waals surface area contributed by atoms with Gasteiger partial charge >= 0.3 is 52.5 Å². The SMILES string of the molecule is [F][Cu][F].[H-].[Na+]. The first kappa shape index (κ1) is 9.03. The topological polar surface area (TPSA) is 0 Å². The van der Waals surface area contributed by atoms with Crippen LogP contribution in [-0.4, -0.2) is 0 Å². The van der Waals surface area contributed by atoms with Crippen LogP contribution in [-0.2, 0) is 15.9 Å². The second-order valence-electron chi connectivity index (χ2n) is 0.0431. The molecule has 0 saturated heterocycles. The smallest absolute Gasteiger partial charge is 1.00 e. The molecule has 0 N–H and O–H groups in total. The van der Waals surface area contributed by atoms with Gasteiger partial charge in [0.05, 0.1) is 0 Å². The molecule has 27 valence electrons. The predicted molar refractivity (Wildman–Crippen MR) is 3.33 cm³/mol. The average Bonchev–Trinajstić information content (AvgIpc) is 0.918. The molecule has 0 unspecified atom stereocenters. The molecule has 0 saturated carbocycles. The van der Waals surface area contributed by atoms with E-state index in [0.717, 1.165) is 0 Å². The van der Waals surface area contributed by atoms with E-state index < -0.39 is 15.9 Å². The van der Waals surface area contributed by atoms with Crippen LogP contribution in [0, 0.1) is 0 Å². The molecule has 0 nitrogen and oxygen atoms in total. The molecular formula is HCuF2Na. The fourth-order valence-electron chi connectivity index (χ4n) is 0. The first-order chi connectivity index (χ1) is 1.41. The predicted octanol–water partition coefficient (Wildman–Crippen LogP) is -2.05. The molecule has 4 heteroatoms. The van der Waals surface area contributed by atoms with Crippen LogP contribution < -0.4 is 29.6 Å². The summed E-state index contributed by atoms with van der Waals surface area (Å²) in [6, 6.07) is 0. The molecule has 0 atom stereocenters. The van der Waals surface area contributed by atoms with Crippen molar-refractivity contribution in [2.75, 3.05) is 0 Å². The molecule has 0 spiro atoms. The third-order valence-corrected chi connectivity index (χ3v) is 0. The molecule has 0 radical (unpaired) electrons. The van der Waals surface area contributed by atoms with Crippen molar-refractivity contribution in [3.8, 4) is 0 Å². The van der Waals surface area contributed by atoms with Gasteiger partial charge in [-0.05, 0) is 0 Å². The number of hydrogen-bond donors (Lipinski definition) is 0. The van der Waals surface area contributed by atoms with E-state index in [2.05, 4.69) is 0 Å². The molecule has 0 aromatic rings. The summed E-state index contributed by atoms with van der Waals surface area (Å²) in [6.07, 6.45) is 0. The molecule has 4 heavy (non-hydrogen) atoms. The Morgan fingerprint density at radius 1 is 1.50 bits per heavy atom. The molecular weight excluding hydrogens is 125 g/mol. The van der Waals surface area contributed by atoms with Gasteiger partial charge in [0.1, 0.15) is 0 Å². The van der Waals surface area contributed by atoms with Crippen molar-refractivity contribution >= 4 is 0 Å². The van der Waals surface area contributed by atoms with Gasteiger partial charge in [-0.15, -0.1) is 0 Å². The van der Waals surface area contributed by atoms with E-state index in [1.807, 2.05) is 0 Å². The summed E-state index contributed by atoms with van der Waals surface area (Å²) in [6.45, 7) is 0. The zero-order valence-corrected chi connectivity index (χ0v) is 5.00. The maximum Gasteiger partial charge on any atom is 1.00 e. The quantitative estimate of drug-likeness (QED) is 0.327. The van der Waals surface area contributed by atoms with Crippen molar-refractivity contribution in [3.63, 3.8) is 0 Å². The Balaban J connectivity index is -0.0000000200. The minimum atomic E-state index is -1.19. The van der Waals surface area contributed by atoms with Crippen molar-refractivity contribution in [1.82, 2.24) is 0 Å². The summed E-state index contributed by atoms with van der Waals surface area (Å²) in [5, 5.41) is 0. The summed E-state index contributed by atoms with van der Waals surface area (Å²) < 4.78 is 19.1. The molecule has 0 fully saturated rings. The minimum absolute atomic E-state index is 0. The van der Waals surface area contributed by atoms with E-state index in [9.17, 15) is 7.10 Å². The number of rotatable bonds is 0. The van der Waals surface area contributed by atoms with Crippen molar-refractivity contribution < 1.29 is 54.0 Å². The molecule has 0 heterocycles. The van der Waals surface area contributed by atoms with Crippen LogP contribution in [0.2, 0.25) is 0 Å². The molecule has 0 aromatic heterocycles. The van der Waals surface area contributed by atoms with Gasteiger partial charge in [-0.1, -0.05) is 0 Å². The van der Waals surface area contributed by atoms with E-state index in [-0.39, 0.29) is 31.0 Å². The summed E-state index contributed by atoms with van der Waals surface area (Å²) in [5.41, 5.74) is 0. The fourth-order valence-corrected chi connectivity index (χ4v) is 0. The molecule has 0 aromatic carbocycles. The Kier molecular flexibility index (Phi) is 20.0. The number of halogens is 2. The second kappa shape index (κ2) is 8.83. The van der Waals surface area contributed by atoms with Crippen molar-refractivity contribution in [2.24, 2.45) is 0 Å². The Morgan fingerprint density at radius 2 is 1.50 bits per heavy atom. The normalized spacial score (nSPS) is 5.50. The van der Waals surface area contributed by atoms with E-state index in [4.69, 9.17) is 0 Å². The zero-order valence-electron chi connectivity index (χ0n) is 3.06. The Hall–Kier alpha value is 1.38. The Bertz CT molecular complexity index is 9.61. The van der Waals surface area contributed by atoms with Crippen LogP contribution in [0.5, 0.6) is 0 Å². The molecule has 0 aliphatic rings. The Morgan fingerprint density at radius 3 is 1.50 bits per heavy atom. The van der Waals surface area contributed by atoms with Crippen LogP contribution in [0.15, 0.2) is 0 Å². The van der Waals surface area contributed by atoms with Crippen LogP contribution in [0.4, 0.5) is 7.10 Å². The van der Waals surface area contributed by atoms with Crippen molar-refractivity contribution in [2.45, 2.75) is 0 Å². The van der Waals surface area contributed by atoms with Gasteiger partial charge < -0.3 is 1.43 Å².